The molecule has 1 atom stereocenters. The van der Waals surface area contributed by atoms with Crippen LogP contribution in [0, 0.1) is 0 Å². The quantitative estimate of drug-likeness (QED) is 0.663. The minimum atomic E-state index is -1.51. The molecule has 2 heterocycles. The van der Waals surface area contributed by atoms with Gasteiger partial charge in [-0.2, -0.15) is 5.10 Å². The number of carboxylic acid groups (broad SMARTS) is 2. The second-order valence-electron chi connectivity index (χ2n) is 3.93. The third-order valence-electron chi connectivity index (χ3n) is 2.55. The van der Waals surface area contributed by atoms with Gasteiger partial charge in [-0.1, -0.05) is 0 Å². The minimum absolute atomic E-state index is 0.120. The van der Waals surface area contributed by atoms with E-state index in [1.54, 1.807) is 0 Å². The molecule has 2 rings (SSSR count). The van der Waals surface area contributed by atoms with Crippen LogP contribution in [0.25, 0.3) is 5.52 Å². The van der Waals surface area contributed by atoms with Crippen molar-refractivity contribution in [2.75, 3.05) is 0 Å². The summed E-state index contributed by atoms with van der Waals surface area (Å²) in [5.41, 5.74) is 0.513. The first-order valence-electron chi connectivity index (χ1n) is 5.52. The summed E-state index contributed by atoms with van der Waals surface area (Å²) in [4.78, 5) is 37.3. The molecule has 0 saturated heterocycles. The van der Waals surface area contributed by atoms with Crippen LogP contribution >= 0.6 is 0 Å². The molecule has 1 amide bonds. The van der Waals surface area contributed by atoms with E-state index < -0.39 is 30.3 Å². The predicted molar refractivity (Wildman–Crippen MR) is 64.1 cm³/mol. The molecule has 0 bridgehead atoms. The molecule has 20 heavy (non-hydrogen) atoms. The summed E-state index contributed by atoms with van der Waals surface area (Å²) in [6, 6.07) is -1.51. The first kappa shape index (κ1) is 13.5. The maximum atomic E-state index is 12.0. The zero-order chi connectivity index (χ0) is 14.7. The van der Waals surface area contributed by atoms with Crippen LogP contribution in [0.3, 0.4) is 0 Å². The monoisotopic (exact) mass is 278 g/mol. The van der Waals surface area contributed by atoms with E-state index in [9.17, 15) is 14.4 Å². The number of nitrogens with zero attached hydrogens (tertiary/aromatic N) is 3. The van der Waals surface area contributed by atoms with Gasteiger partial charge in [-0.15, -0.1) is 0 Å². The van der Waals surface area contributed by atoms with Gasteiger partial charge in [-0.25, -0.2) is 9.31 Å². The number of nitrogens with one attached hydrogen (secondary N) is 1. The number of carboxylic acids is 2. The summed E-state index contributed by atoms with van der Waals surface area (Å²) < 4.78 is 1.40. The Morgan fingerprint density at radius 3 is 2.70 bits per heavy atom. The largest absolute Gasteiger partial charge is 0.481 e. The van der Waals surface area contributed by atoms with Gasteiger partial charge in [0.15, 0.2) is 0 Å². The molecule has 0 fully saturated rings. The Balaban J connectivity index is 2.22. The van der Waals surface area contributed by atoms with Crippen molar-refractivity contribution in [1.82, 2.24) is 19.9 Å². The molecular formula is C11H10N4O5. The Kier molecular flexibility index (Phi) is 3.60. The van der Waals surface area contributed by atoms with E-state index in [0.29, 0.717) is 5.52 Å². The van der Waals surface area contributed by atoms with Crippen LogP contribution in [0.15, 0.2) is 24.8 Å². The summed E-state index contributed by atoms with van der Waals surface area (Å²) in [6.07, 6.45) is 4.95. The molecular weight excluding hydrogens is 268 g/mol. The van der Waals surface area contributed by atoms with Gasteiger partial charge in [0.25, 0.3) is 5.91 Å². The van der Waals surface area contributed by atoms with Crippen molar-refractivity contribution in [2.24, 2.45) is 0 Å². The van der Waals surface area contributed by atoms with Crippen LogP contribution in [0.5, 0.6) is 0 Å². The maximum absolute atomic E-state index is 12.0. The van der Waals surface area contributed by atoms with Crippen molar-refractivity contribution in [3.8, 4) is 0 Å². The molecule has 9 heteroatoms. The van der Waals surface area contributed by atoms with Crippen LogP contribution < -0.4 is 5.32 Å². The van der Waals surface area contributed by atoms with Crippen LogP contribution in [0.4, 0.5) is 0 Å². The van der Waals surface area contributed by atoms with Crippen molar-refractivity contribution in [1.29, 1.82) is 0 Å². The lowest BCUT2D eigenvalue weighted by atomic mass is 10.2. The molecule has 0 radical (unpaired) electrons. The van der Waals surface area contributed by atoms with Gasteiger partial charge in [-0.05, 0) is 0 Å². The zero-order valence-corrected chi connectivity index (χ0v) is 10.1. The van der Waals surface area contributed by atoms with Gasteiger partial charge in [0.05, 0.1) is 29.9 Å². The number of hydrogen-bond donors (Lipinski definition) is 3. The number of rotatable bonds is 5. The van der Waals surface area contributed by atoms with Crippen LogP contribution in [0.1, 0.15) is 16.8 Å². The SMILES string of the molecule is O=C(O)C[C@H](NC(=O)c1cnn2ccncc12)C(=O)O. The number of hydrogen-bond acceptors (Lipinski definition) is 5. The molecule has 0 aliphatic carbocycles. The highest BCUT2D eigenvalue weighted by atomic mass is 16.4. The second-order valence-corrected chi connectivity index (χ2v) is 3.93. The molecule has 3 N–H and O–H groups in total. The topological polar surface area (TPSA) is 134 Å². The molecule has 2 aromatic heterocycles. The molecule has 0 aliphatic heterocycles. The Hall–Kier alpha value is -2.97. The number of aromatic nitrogens is 3. The predicted octanol–water partition coefficient (Wildman–Crippen LogP) is -0.613. The summed E-state index contributed by atoms with van der Waals surface area (Å²) in [5.74, 6) is -3.46. The van der Waals surface area contributed by atoms with E-state index in [4.69, 9.17) is 10.2 Å². The first-order chi connectivity index (χ1) is 9.49. The highest BCUT2D eigenvalue weighted by Gasteiger charge is 2.24. The first-order valence-corrected chi connectivity index (χ1v) is 5.52. The van der Waals surface area contributed by atoms with Crippen LogP contribution in [-0.2, 0) is 9.59 Å². The van der Waals surface area contributed by atoms with E-state index in [1.165, 1.54) is 29.3 Å². The lowest BCUT2D eigenvalue weighted by Crippen LogP contribution is -2.42. The van der Waals surface area contributed by atoms with Gasteiger partial charge in [0.2, 0.25) is 0 Å². The standard InChI is InChI=1S/C11H10N4O5/c16-9(17)3-7(11(19)20)14-10(18)6-4-13-15-2-1-12-5-8(6)15/h1-2,4-5,7H,3H2,(H,14,18)(H,16,17)(H,19,20)/t7-/m0/s1. The van der Waals surface area contributed by atoms with Gasteiger partial charge >= 0.3 is 11.9 Å². The van der Waals surface area contributed by atoms with E-state index in [0.717, 1.165) is 0 Å². The van der Waals surface area contributed by atoms with E-state index in [2.05, 4.69) is 15.4 Å². The summed E-state index contributed by atoms with van der Waals surface area (Å²) in [7, 11) is 0. The molecule has 2 aromatic rings. The second kappa shape index (κ2) is 5.34. The van der Waals surface area contributed by atoms with Gasteiger partial charge < -0.3 is 15.5 Å². The Morgan fingerprint density at radius 2 is 2.05 bits per heavy atom. The molecule has 9 nitrogen and oxygen atoms in total. The molecule has 0 saturated carbocycles. The van der Waals surface area contributed by atoms with Crippen molar-refractivity contribution in [2.45, 2.75) is 12.5 Å². The average Bonchev–Trinajstić information content (AvgIpc) is 2.81. The third-order valence-corrected chi connectivity index (χ3v) is 2.55. The number of carbonyl (C=O) groups excluding carboxylic acids is 1. The van der Waals surface area contributed by atoms with E-state index in [-0.39, 0.29) is 5.56 Å². The summed E-state index contributed by atoms with van der Waals surface area (Å²) in [5, 5.41) is 23.5. The maximum Gasteiger partial charge on any atom is 0.326 e. The minimum Gasteiger partial charge on any atom is -0.481 e. The van der Waals surface area contributed by atoms with Gasteiger partial charge in [-0.3, -0.25) is 14.6 Å². The Morgan fingerprint density at radius 1 is 1.30 bits per heavy atom. The lowest BCUT2D eigenvalue weighted by Gasteiger charge is -2.11. The normalized spacial score (nSPS) is 12.0. The van der Waals surface area contributed by atoms with Crippen molar-refractivity contribution >= 4 is 23.4 Å². The number of fused-ring (bicyclic) bond motifs is 1. The summed E-state index contributed by atoms with van der Waals surface area (Å²) >= 11 is 0. The van der Waals surface area contributed by atoms with Crippen molar-refractivity contribution in [3.05, 3.63) is 30.4 Å². The van der Waals surface area contributed by atoms with E-state index >= 15 is 0 Å². The van der Waals surface area contributed by atoms with Crippen molar-refractivity contribution in [3.63, 3.8) is 0 Å². The molecule has 104 valence electrons. The zero-order valence-electron chi connectivity index (χ0n) is 10.1. The van der Waals surface area contributed by atoms with E-state index in [1.807, 2.05) is 0 Å². The average molecular weight is 278 g/mol. The fraction of sp³-hybridized carbons (Fsp3) is 0.182. The number of carbonyl (C=O) groups is 3. The fourth-order valence-electron chi connectivity index (χ4n) is 1.62. The highest BCUT2D eigenvalue weighted by Crippen LogP contribution is 2.09. The highest BCUT2D eigenvalue weighted by molar-refractivity contribution is 6.02. The molecule has 0 spiro atoms. The number of aliphatic carboxylic acids is 2. The van der Waals surface area contributed by atoms with Crippen LogP contribution in [-0.4, -0.2) is 48.7 Å². The fourth-order valence-corrected chi connectivity index (χ4v) is 1.62. The van der Waals surface area contributed by atoms with Crippen LogP contribution in [0.2, 0.25) is 0 Å². The molecule has 0 aliphatic rings. The van der Waals surface area contributed by atoms with Gasteiger partial charge in [0, 0.05) is 12.4 Å². The summed E-state index contributed by atoms with van der Waals surface area (Å²) in [6.45, 7) is 0. The van der Waals surface area contributed by atoms with Gasteiger partial charge in [0.1, 0.15) is 6.04 Å². The van der Waals surface area contributed by atoms with Crippen molar-refractivity contribution < 1.29 is 24.6 Å². The Labute approximate surface area is 111 Å². The Bertz CT molecular complexity index is 680. The molecule has 0 aromatic carbocycles. The lowest BCUT2D eigenvalue weighted by molar-refractivity contribution is -0.145. The third kappa shape index (κ3) is 2.71. The smallest absolute Gasteiger partial charge is 0.326 e. The molecule has 0 unspecified atom stereocenters. The number of amides is 1.